The van der Waals surface area contributed by atoms with Crippen LogP contribution in [0.1, 0.15) is 29.8 Å². The molecule has 102 valence electrons. The summed E-state index contributed by atoms with van der Waals surface area (Å²) in [5, 5.41) is 6.14. The fourth-order valence-corrected chi connectivity index (χ4v) is 3.12. The van der Waals surface area contributed by atoms with Gasteiger partial charge < -0.3 is 4.90 Å². The van der Waals surface area contributed by atoms with Crippen LogP contribution in [0.5, 0.6) is 0 Å². The lowest BCUT2D eigenvalue weighted by Crippen LogP contribution is -2.40. The number of amides is 1. The predicted molar refractivity (Wildman–Crippen MR) is 70.0 cm³/mol. The number of aromatic nitrogens is 2. The maximum Gasteiger partial charge on any atom is 0.274 e. The molecule has 6 nitrogen and oxygen atoms in total. The Balaban J connectivity index is 1.77. The molecule has 2 aliphatic rings. The van der Waals surface area contributed by atoms with Crippen LogP contribution in [0.25, 0.3) is 0 Å². The molecule has 19 heavy (non-hydrogen) atoms. The van der Waals surface area contributed by atoms with Crippen molar-refractivity contribution in [2.45, 2.75) is 31.3 Å². The van der Waals surface area contributed by atoms with Gasteiger partial charge in [0.05, 0.1) is 0 Å². The number of nitrogens with zero attached hydrogens (tertiary/aromatic N) is 3. The molecule has 0 saturated carbocycles. The average molecular weight is 262 g/mol. The molecule has 2 bridgehead atoms. The van der Waals surface area contributed by atoms with Gasteiger partial charge in [0.15, 0.2) is 0 Å². The number of carbonyl (C=O) groups is 1. The highest BCUT2D eigenvalue weighted by molar-refractivity contribution is 5.92. The van der Waals surface area contributed by atoms with E-state index in [1.54, 1.807) is 0 Å². The molecule has 1 amide bonds. The van der Waals surface area contributed by atoms with Crippen molar-refractivity contribution in [1.29, 1.82) is 0 Å². The molecule has 0 aromatic carbocycles. The molecule has 1 N–H and O–H groups in total. The largest absolute Gasteiger partial charge is 0.336 e. The number of likely N-dealkylation sites (tertiary alicyclic amines) is 1. The first kappa shape index (κ1) is 12.3. The van der Waals surface area contributed by atoms with Crippen molar-refractivity contribution in [3.63, 3.8) is 0 Å². The summed E-state index contributed by atoms with van der Waals surface area (Å²) in [7, 11) is 2.15. The molecular formula is C13H18N4O2. The third-order valence-electron chi connectivity index (χ3n) is 4.33. The fourth-order valence-electron chi connectivity index (χ4n) is 3.12. The normalized spacial score (nSPS) is 27.3. The quantitative estimate of drug-likeness (QED) is 0.778. The summed E-state index contributed by atoms with van der Waals surface area (Å²) in [6.45, 7) is 1.53. The van der Waals surface area contributed by atoms with Gasteiger partial charge >= 0.3 is 0 Å². The van der Waals surface area contributed by atoms with Gasteiger partial charge in [-0.2, -0.15) is 5.10 Å². The highest BCUT2D eigenvalue weighted by Gasteiger charge is 2.36. The summed E-state index contributed by atoms with van der Waals surface area (Å²) in [6, 6.07) is 3.90. The number of aromatic amines is 1. The number of hydrogen-bond donors (Lipinski definition) is 1. The maximum absolute atomic E-state index is 12.4. The van der Waals surface area contributed by atoms with Crippen LogP contribution in [0.2, 0.25) is 0 Å². The molecule has 0 spiro atoms. The van der Waals surface area contributed by atoms with Gasteiger partial charge in [-0.15, -0.1) is 0 Å². The summed E-state index contributed by atoms with van der Waals surface area (Å²) in [5.74, 6) is -0.0859. The molecule has 0 radical (unpaired) electrons. The molecule has 3 heterocycles. The second-order valence-corrected chi connectivity index (χ2v) is 5.40. The second-order valence-electron chi connectivity index (χ2n) is 5.40. The van der Waals surface area contributed by atoms with Gasteiger partial charge in [-0.1, -0.05) is 0 Å². The first-order valence-electron chi connectivity index (χ1n) is 6.72. The van der Waals surface area contributed by atoms with E-state index < -0.39 is 0 Å². The number of nitrogens with one attached hydrogen (secondary N) is 1. The van der Waals surface area contributed by atoms with Crippen LogP contribution in [0, 0.1) is 0 Å². The summed E-state index contributed by atoms with van der Waals surface area (Å²) in [6.07, 6.45) is 3.41. The van der Waals surface area contributed by atoms with Crippen molar-refractivity contribution >= 4 is 5.91 Å². The molecule has 1 aromatic heterocycles. The van der Waals surface area contributed by atoms with E-state index in [4.69, 9.17) is 0 Å². The van der Waals surface area contributed by atoms with Crippen LogP contribution in [-0.2, 0) is 0 Å². The zero-order valence-corrected chi connectivity index (χ0v) is 11.0. The minimum Gasteiger partial charge on any atom is -0.336 e. The van der Waals surface area contributed by atoms with Crippen molar-refractivity contribution in [2.24, 2.45) is 0 Å². The van der Waals surface area contributed by atoms with Gasteiger partial charge in [-0.05, 0) is 32.4 Å². The van der Waals surface area contributed by atoms with Crippen LogP contribution in [0.4, 0.5) is 0 Å². The second kappa shape index (κ2) is 4.77. The maximum atomic E-state index is 12.4. The molecule has 2 saturated heterocycles. The minimum absolute atomic E-state index is 0.0859. The highest BCUT2D eigenvalue weighted by Crippen LogP contribution is 2.28. The molecule has 2 aliphatic heterocycles. The Kier molecular flexibility index (Phi) is 3.10. The van der Waals surface area contributed by atoms with Gasteiger partial charge in [0.1, 0.15) is 5.69 Å². The van der Waals surface area contributed by atoms with Gasteiger partial charge in [-0.3, -0.25) is 14.5 Å². The van der Waals surface area contributed by atoms with E-state index in [1.165, 1.54) is 18.6 Å². The minimum atomic E-state index is -0.286. The Bertz CT molecular complexity index is 521. The van der Waals surface area contributed by atoms with Crippen molar-refractivity contribution in [3.05, 3.63) is 28.2 Å². The molecule has 2 unspecified atom stereocenters. The summed E-state index contributed by atoms with van der Waals surface area (Å²) < 4.78 is 0. The van der Waals surface area contributed by atoms with Crippen molar-refractivity contribution < 1.29 is 4.79 Å². The lowest BCUT2D eigenvalue weighted by Gasteiger charge is -2.25. The number of hydrogen-bond acceptors (Lipinski definition) is 4. The van der Waals surface area contributed by atoms with Crippen LogP contribution in [0.3, 0.4) is 0 Å². The Morgan fingerprint density at radius 2 is 2.11 bits per heavy atom. The van der Waals surface area contributed by atoms with Crippen molar-refractivity contribution in [3.8, 4) is 0 Å². The molecule has 1 aromatic rings. The molecule has 2 atom stereocenters. The Morgan fingerprint density at radius 1 is 1.32 bits per heavy atom. The summed E-state index contributed by atoms with van der Waals surface area (Å²) in [5.41, 5.74) is 0.0335. The average Bonchev–Trinajstić information content (AvgIpc) is 2.63. The Hall–Kier alpha value is -1.69. The Labute approximate surface area is 111 Å². The van der Waals surface area contributed by atoms with Gasteiger partial charge in [-0.25, -0.2) is 5.10 Å². The first-order chi connectivity index (χ1) is 9.15. The number of carbonyl (C=O) groups excluding carboxylic acids is 1. The number of likely N-dealkylation sites (N-methyl/N-ethyl adjacent to an activating group) is 1. The Morgan fingerprint density at radius 3 is 2.84 bits per heavy atom. The fraction of sp³-hybridized carbons (Fsp3) is 0.615. The number of fused-ring (bicyclic) bond motifs is 2. The third kappa shape index (κ3) is 2.28. The molecular weight excluding hydrogens is 244 g/mol. The lowest BCUT2D eigenvalue weighted by molar-refractivity contribution is 0.0733. The van der Waals surface area contributed by atoms with Crippen LogP contribution < -0.4 is 5.56 Å². The van der Waals surface area contributed by atoms with Crippen molar-refractivity contribution in [2.75, 3.05) is 20.1 Å². The smallest absolute Gasteiger partial charge is 0.274 e. The molecule has 2 fully saturated rings. The highest BCUT2D eigenvalue weighted by atomic mass is 16.2. The topological polar surface area (TPSA) is 69.3 Å². The number of H-pyrrole nitrogens is 1. The van der Waals surface area contributed by atoms with E-state index in [2.05, 4.69) is 22.1 Å². The molecule has 3 rings (SSSR count). The summed E-state index contributed by atoms with van der Waals surface area (Å²) in [4.78, 5) is 27.6. The zero-order chi connectivity index (χ0) is 13.4. The SMILES string of the molecule is CN1C2CCC1CN(C(=O)c1ccc(=O)[nH]n1)CC2. The van der Waals surface area contributed by atoms with Crippen molar-refractivity contribution in [1.82, 2.24) is 20.0 Å². The standard InChI is InChI=1S/C13H18N4O2/c1-16-9-2-3-10(16)8-17(7-6-9)13(19)11-4-5-12(18)15-14-11/h4-5,9-10H,2-3,6-8H2,1H3,(H,15,18). The summed E-state index contributed by atoms with van der Waals surface area (Å²) >= 11 is 0. The van der Waals surface area contributed by atoms with E-state index >= 15 is 0 Å². The van der Waals surface area contributed by atoms with E-state index in [1.807, 2.05) is 4.90 Å². The first-order valence-corrected chi connectivity index (χ1v) is 6.72. The van der Waals surface area contributed by atoms with E-state index in [9.17, 15) is 9.59 Å². The van der Waals surface area contributed by atoms with Crippen LogP contribution in [0.15, 0.2) is 16.9 Å². The lowest BCUT2D eigenvalue weighted by atomic mass is 10.1. The predicted octanol–water partition coefficient (Wildman–Crippen LogP) is 0.0786. The third-order valence-corrected chi connectivity index (χ3v) is 4.33. The van der Waals surface area contributed by atoms with E-state index in [0.29, 0.717) is 17.8 Å². The van der Waals surface area contributed by atoms with E-state index in [-0.39, 0.29) is 11.5 Å². The molecule has 0 aliphatic carbocycles. The van der Waals surface area contributed by atoms with Crippen LogP contribution >= 0.6 is 0 Å². The molecule has 6 heteroatoms. The van der Waals surface area contributed by atoms with Gasteiger partial charge in [0.2, 0.25) is 0 Å². The number of rotatable bonds is 1. The van der Waals surface area contributed by atoms with Gasteiger partial charge in [0, 0.05) is 31.2 Å². The van der Waals surface area contributed by atoms with Crippen LogP contribution in [-0.4, -0.2) is 58.1 Å². The van der Waals surface area contributed by atoms with E-state index in [0.717, 1.165) is 25.9 Å². The zero-order valence-electron chi connectivity index (χ0n) is 11.0. The monoisotopic (exact) mass is 262 g/mol. The van der Waals surface area contributed by atoms with Gasteiger partial charge in [0.25, 0.3) is 11.5 Å².